The highest BCUT2D eigenvalue weighted by atomic mass is 16.5. The molecule has 0 aliphatic rings. The van der Waals surface area contributed by atoms with Crippen LogP contribution >= 0.6 is 0 Å². The van der Waals surface area contributed by atoms with E-state index < -0.39 is 17.7 Å². The van der Waals surface area contributed by atoms with Crippen LogP contribution in [0, 0.1) is 6.92 Å². The van der Waals surface area contributed by atoms with Gasteiger partial charge in [-0.1, -0.05) is 36.4 Å². The number of ketones is 1. The van der Waals surface area contributed by atoms with E-state index in [-0.39, 0.29) is 11.3 Å². The minimum Gasteiger partial charge on any atom is -0.450 e. The molecule has 140 valence electrons. The molecule has 4 rings (SSSR count). The van der Waals surface area contributed by atoms with Crippen LogP contribution in [0.3, 0.4) is 0 Å². The summed E-state index contributed by atoms with van der Waals surface area (Å²) in [7, 11) is 0. The maximum atomic E-state index is 12.9. The van der Waals surface area contributed by atoms with Crippen molar-refractivity contribution >= 4 is 33.6 Å². The van der Waals surface area contributed by atoms with Gasteiger partial charge >= 0.3 is 11.6 Å². The van der Waals surface area contributed by atoms with Crippen molar-refractivity contribution in [2.24, 2.45) is 0 Å². The first-order valence-corrected chi connectivity index (χ1v) is 8.81. The van der Waals surface area contributed by atoms with Crippen LogP contribution in [0.2, 0.25) is 0 Å². The van der Waals surface area contributed by atoms with Gasteiger partial charge in [-0.25, -0.2) is 9.59 Å². The Morgan fingerprint density at radius 2 is 1.79 bits per heavy atom. The molecule has 0 saturated heterocycles. The fourth-order valence-corrected chi connectivity index (χ4v) is 3.28. The lowest BCUT2D eigenvalue weighted by atomic mass is 10.0. The highest BCUT2D eigenvalue weighted by Gasteiger charge is 2.26. The number of rotatable bonds is 4. The fraction of sp³-hybridized carbons (Fsp3) is 0.136. The van der Waals surface area contributed by atoms with Crippen LogP contribution in [0.5, 0.6) is 0 Å². The van der Waals surface area contributed by atoms with E-state index >= 15 is 0 Å². The van der Waals surface area contributed by atoms with Crippen molar-refractivity contribution in [3.05, 3.63) is 81.8 Å². The highest BCUT2D eigenvalue weighted by molar-refractivity contribution is 6.11. The number of nitrogens with one attached hydrogen (secondary N) is 1. The zero-order chi connectivity index (χ0) is 19.8. The summed E-state index contributed by atoms with van der Waals surface area (Å²) in [5, 5.41) is 1.36. The van der Waals surface area contributed by atoms with E-state index in [0.717, 1.165) is 10.9 Å². The second-order valence-corrected chi connectivity index (χ2v) is 6.57. The van der Waals surface area contributed by atoms with Crippen LogP contribution in [0.1, 0.15) is 33.3 Å². The molecule has 2 aromatic heterocycles. The first kappa shape index (κ1) is 17.7. The second kappa shape index (κ2) is 6.81. The van der Waals surface area contributed by atoms with Crippen LogP contribution < -0.4 is 5.63 Å². The number of hydrogen-bond donors (Lipinski definition) is 1. The highest BCUT2D eigenvalue weighted by Crippen LogP contribution is 2.24. The van der Waals surface area contributed by atoms with Crippen molar-refractivity contribution in [3.8, 4) is 0 Å². The molecule has 1 N–H and O–H groups in total. The number of aromatic nitrogens is 1. The van der Waals surface area contributed by atoms with Crippen LogP contribution in [0.15, 0.2) is 63.8 Å². The number of ether oxygens (including phenoxy) is 1. The summed E-state index contributed by atoms with van der Waals surface area (Å²) < 4.78 is 10.5. The van der Waals surface area contributed by atoms with Gasteiger partial charge in [0.25, 0.3) is 0 Å². The average molecular weight is 375 g/mol. The Hall–Kier alpha value is -3.67. The first-order chi connectivity index (χ1) is 13.5. The Morgan fingerprint density at radius 1 is 1.07 bits per heavy atom. The summed E-state index contributed by atoms with van der Waals surface area (Å²) in [4.78, 5) is 40.7. The zero-order valence-electron chi connectivity index (χ0n) is 15.3. The predicted molar refractivity (Wildman–Crippen MR) is 105 cm³/mol. The Kier molecular flexibility index (Phi) is 4.31. The van der Waals surface area contributed by atoms with Gasteiger partial charge in [0.15, 0.2) is 6.10 Å². The minimum absolute atomic E-state index is 0.242. The molecule has 0 unspecified atom stereocenters. The predicted octanol–water partition coefficient (Wildman–Crippen LogP) is 4.01. The standard InChI is InChI=1S/C22H17NO5/c1-12-19(15-8-4-5-9-17(15)23-12)20(24)13(2)27-21(25)16-11-14-7-3-6-10-18(14)28-22(16)26/h3-11,13,23H,1-2H3/t13-/m0/s1. The molecule has 0 aliphatic carbocycles. The molecule has 0 amide bonds. The van der Waals surface area contributed by atoms with Gasteiger partial charge in [0, 0.05) is 27.5 Å². The minimum atomic E-state index is -1.06. The van der Waals surface area contributed by atoms with Gasteiger partial charge in [0.1, 0.15) is 11.1 Å². The molecular formula is C22H17NO5. The number of aromatic amines is 1. The number of carbonyl (C=O) groups is 2. The van der Waals surface area contributed by atoms with E-state index in [1.54, 1.807) is 31.2 Å². The lowest BCUT2D eigenvalue weighted by Crippen LogP contribution is -2.27. The van der Waals surface area contributed by atoms with Crippen molar-refractivity contribution in [1.82, 2.24) is 4.98 Å². The third-order valence-corrected chi connectivity index (χ3v) is 4.65. The van der Waals surface area contributed by atoms with E-state index in [0.29, 0.717) is 22.2 Å². The first-order valence-electron chi connectivity index (χ1n) is 8.81. The molecule has 0 spiro atoms. The molecule has 6 heteroatoms. The zero-order valence-corrected chi connectivity index (χ0v) is 15.3. The van der Waals surface area contributed by atoms with Gasteiger partial charge in [0.2, 0.25) is 5.78 Å². The normalized spacial score (nSPS) is 12.2. The number of aryl methyl sites for hydroxylation is 1. The molecule has 0 bridgehead atoms. The number of carbonyl (C=O) groups excluding carboxylic acids is 2. The van der Waals surface area contributed by atoms with Gasteiger partial charge in [-0.05, 0) is 32.0 Å². The summed E-state index contributed by atoms with van der Waals surface area (Å²) in [6, 6.07) is 15.7. The van der Waals surface area contributed by atoms with E-state index in [4.69, 9.17) is 9.15 Å². The summed E-state index contributed by atoms with van der Waals surface area (Å²) in [5.74, 6) is -1.23. The average Bonchev–Trinajstić information content (AvgIpc) is 3.02. The van der Waals surface area contributed by atoms with Gasteiger partial charge in [-0.15, -0.1) is 0 Å². The summed E-state index contributed by atoms with van der Waals surface area (Å²) in [6.45, 7) is 3.28. The largest absolute Gasteiger partial charge is 0.450 e. The van der Waals surface area contributed by atoms with E-state index in [9.17, 15) is 14.4 Å². The summed E-state index contributed by atoms with van der Waals surface area (Å²) in [6.07, 6.45) is -1.06. The van der Waals surface area contributed by atoms with Gasteiger partial charge in [-0.2, -0.15) is 0 Å². The third-order valence-electron chi connectivity index (χ3n) is 4.65. The number of benzene rings is 2. The number of H-pyrrole nitrogens is 1. The number of hydrogen-bond acceptors (Lipinski definition) is 5. The summed E-state index contributed by atoms with van der Waals surface area (Å²) >= 11 is 0. The van der Waals surface area contributed by atoms with E-state index in [1.165, 1.54) is 13.0 Å². The third kappa shape index (κ3) is 2.99. The van der Waals surface area contributed by atoms with Crippen LogP contribution in [-0.4, -0.2) is 22.8 Å². The smallest absolute Gasteiger partial charge is 0.351 e. The molecule has 1 atom stereocenters. The fourth-order valence-electron chi connectivity index (χ4n) is 3.28. The Bertz CT molecular complexity index is 1280. The lowest BCUT2D eigenvalue weighted by Gasteiger charge is -2.12. The Morgan fingerprint density at radius 3 is 2.61 bits per heavy atom. The maximum absolute atomic E-state index is 12.9. The number of Topliss-reactive ketones (excluding diaryl/α,β-unsaturated/α-hetero) is 1. The number of esters is 1. The Labute approximate surface area is 159 Å². The molecule has 4 aromatic rings. The molecule has 0 fully saturated rings. The van der Waals surface area contributed by atoms with Crippen LogP contribution in [0.4, 0.5) is 0 Å². The van der Waals surface area contributed by atoms with Crippen molar-refractivity contribution in [1.29, 1.82) is 0 Å². The molecule has 0 saturated carbocycles. The molecule has 0 radical (unpaired) electrons. The van der Waals surface area contributed by atoms with Gasteiger partial charge in [0.05, 0.1) is 0 Å². The van der Waals surface area contributed by atoms with Crippen molar-refractivity contribution in [3.63, 3.8) is 0 Å². The van der Waals surface area contributed by atoms with Crippen LogP contribution in [-0.2, 0) is 4.74 Å². The van der Waals surface area contributed by atoms with Crippen molar-refractivity contribution < 1.29 is 18.7 Å². The van der Waals surface area contributed by atoms with Gasteiger partial charge in [-0.3, -0.25) is 4.79 Å². The quantitative estimate of drug-likeness (QED) is 0.331. The topological polar surface area (TPSA) is 89.4 Å². The molecule has 6 nitrogen and oxygen atoms in total. The number of para-hydroxylation sites is 2. The lowest BCUT2D eigenvalue weighted by molar-refractivity contribution is 0.0315. The number of fused-ring (bicyclic) bond motifs is 2. The second-order valence-electron chi connectivity index (χ2n) is 6.57. The monoisotopic (exact) mass is 375 g/mol. The van der Waals surface area contributed by atoms with Crippen molar-refractivity contribution in [2.45, 2.75) is 20.0 Å². The molecular weight excluding hydrogens is 358 g/mol. The van der Waals surface area contributed by atoms with E-state index in [1.807, 2.05) is 24.3 Å². The Balaban J connectivity index is 1.63. The molecule has 28 heavy (non-hydrogen) atoms. The van der Waals surface area contributed by atoms with Crippen molar-refractivity contribution in [2.75, 3.05) is 0 Å². The SMILES string of the molecule is Cc1[nH]c2ccccc2c1C(=O)[C@H](C)OC(=O)c1cc2ccccc2oc1=O. The van der Waals surface area contributed by atoms with E-state index in [2.05, 4.69) is 4.98 Å². The van der Waals surface area contributed by atoms with Crippen LogP contribution in [0.25, 0.3) is 21.9 Å². The summed E-state index contributed by atoms with van der Waals surface area (Å²) in [5.41, 5.74) is 1.33. The molecule has 2 heterocycles. The maximum Gasteiger partial charge on any atom is 0.351 e. The molecule has 0 aliphatic heterocycles. The molecule has 2 aromatic carbocycles. The van der Waals surface area contributed by atoms with Gasteiger partial charge < -0.3 is 14.1 Å².